The number of hydrogen-bond acceptors (Lipinski definition) is 5. The monoisotopic (exact) mass is 238 g/mol. The van der Waals surface area contributed by atoms with Gasteiger partial charge in [0, 0.05) is 19.2 Å². The van der Waals surface area contributed by atoms with Crippen LogP contribution in [-0.2, 0) is 0 Å². The van der Waals surface area contributed by atoms with E-state index in [2.05, 4.69) is 16.8 Å². The number of aromatic nitrogens is 1. The number of rotatable bonds is 6. The van der Waals surface area contributed by atoms with Gasteiger partial charge in [0.15, 0.2) is 0 Å². The lowest BCUT2D eigenvalue weighted by molar-refractivity contribution is -0.384. The van der Waals surface area contributed by atoms with Crippen molar-refractivity contribution in [1.29, 1.82) is 0 Å². The quantitative estimate of drug-likeness (QED) is 0.606. The van der Waals surface area contributed by atoms with Gasteiger partial charge in [-0.3, -0.25) is 10.1 Å². The molecule has 0 aliphatic heterocycles. The molecular formula is C11H18N4O2. The van der Waals surface area contributed by atoms with Gasteiger partial charge < -0.3 is 10.6 Å². The molecule has 0 bridgehead atoms. The molecule has 6 heteroatoms. The third-order valence-corrected chi connectivity index (χ3v) is 2.57. The Morgan fingerprint density at radius 2 is 2.18 bits per heavy atom. The summed E-state index contributed by atoms with van der Waals surface area (Å²) in [6.07, 6.45) is 2.16. The maximum absolute atomic E-state index is 10.6. The van der Waals surface area contributed by atoms with E-state index in [1.807, 2.05) is 6.92 Å². The van der Waals surface area contributed by atoms with Crippen LogP contribution < -0.4 is 10.6 Å². The van der Waals surface area contributed by atoms with E-state index >= 15 is 0 Å². The van der Waals surface area contributed by atoms with Gasteiger partial charge in [-0.2, -0.15) is 0 Å². The lowest BCUT2D eigenvalue weighted by Gasteiger charge is -2.21. The van der Waals surface area contributed by atoms with E-state index in [4.69, 9.17) is 5.73 Å². The standard InChI is InChI=1S/C11H18N4O2/c1-3-5-8-14(4-2)10-7-6-9(15(16)17)11(12)13-10/h6-7H,3-5,8H2,1-2H3,(H2,12,13). The fourth-order valence-electron chi connectivity index (χ4n) is 1.57. The maximum Gasteiger partial charge on any atom is 0.311 e. The number of nitro groups is 1. The van der Waals surface area contributed by atoms with Gasteiger partial charge in [0.2, 0.25) is 5.82 Å². The highest BCUT2D eigenvalue weighted by Crippen LogP contribution is 2.22. The molecule has 0 aliphatic rings. The second-order valence-electron chi connectivity index (χ2n) is 3.76. The minimum absolute atomic E-state index is 0.0255. The van der Waals surface area contributed by atoms with E-state index in [1.54, 1.807) is 6.07 Å². The van der Waals surface area contributed by atoms with Gasteiger partial charge >= 0.3 is 5.69 Å². The lowest BCUT2D eigenvalue weighted by Crippen LogP contribution is -2.25. The van der Waals surface area contributed by atoms with Crippen molar-refractivity contribution < 1.29 is 4.92 Å². The Kier molecular flexibility index (Phi) is 4.68. The summed E-state index contributed by atoms with van der Waals surface area (Å²) in [7, 11) is 0. The van der Waals surface area contributed by atoms with Crippen LogP contribution >= 0.6 is 0 Å². The Bertz CT molecular complexity index is 395. The molecule has 0 amide bonds. The first-order chi connectivity index (χ1) is 8.10. The summed E-state index contributed by atoms with van der Waals surface area (Å²) in [5, 5.41) is 10.6. The SMILES string of the molecule is CCCCN(CC)c1ccc([N+](=O)[O-])c(N)n1. The van der Waals surface area contributed by atoms with E-state index in [9.17, 15) is 10.1 Å². The topological polar surface area (TPSA) is 85.3 Å². The van der Waals surface area contributed by atoms with E-state index in [1.165, 1.54) is 6.07 Å². The predicted octanol–water partition coefficient (Wildman–Crippen LogP) is 2.20. The third kappa shape index (κ3) is 3.30. The van der Waals surface area contributed by atoms with Crippen molar-refractivity contribution in [3.8, 4) is 0 Å². The first-order valence-corrected chi connectivity index (χ1v) is 5.76. The molecule has 17 heavy (non-hydrogen) atoms. The molecule has 1 aromatic rings. The van der Waals surface area contributed by atoms with Crippen molar-refractivity contribution in [3.05, 3.63) is 22.2 Å². The van der Waals surface area contributed by atoms with Crippen molar-refractivity contribution in [2.45, 2.75) is 26.7 Å². The average Bonchev–Trinajstić information content (AvgIpc) is 2.29. The number of hydrogen-bond donors (Lipinski definition) is 1. The van der Waals surface area contributed by atoms with Gasteiger partial charge in [0.1, 0.15) is 5.82 Å². The molecule has 1 aromatic heterocycles. The van der Waals surface area contributed by atoms with E-state index < -0.39 is 4.92 Å². The molecule has 2 N–H and O–H groups in total. The van der Waals surface area contributed by atoms with Crippen molar-refractivity contribution in [2.24, 2.45) is 0 Å². The summed E-state index contributed by atoms with van der Waals surface area (Å²) >= 11 is 0. The Hall–Kier alpha value is -1.85. The molecule has 0 aromatic carbocycles. The minimum atomic E-state index is -0.519. The van der Waals surface area contributed by atoms with Gasteiger partial charge in [-0.25, -0.2) is 4.98 Å². The number of nitrogens with two attached hydrogens (primary N) is 1. The summed E-state index contributed by atoms with van der Waals surface area (Å²) in [6, 6.07) is 3.06. The number of nitrogen functional groups attached to an aromatic ring is 1. The summed E-state index contributed by atoms with van der Waals surface area (Å²) in [5.41, 5.74) is 5.43. The number of nitrogens with zero attached hydrogens (tertiary/aromatic N) is 3. The molecule has 0 aliphatic carbocycles. The molecule has 0 atom stereocenters. The number of pyridine rings is 1. The Morgan fingerprint density at radius 1 is 1.47 bits per heavy atom. The van der Waals surface area contributed by atoms with Crippen LogP contribution in [0.3, 0.4) is 0 Å². The van der Waals surface area contributed by atoms with Crippen molar-refractivity contribution in [3.63, 3.8) is 0 Å². The zero-order valence-electron chi connectivity index (χ0n) is 10.2. The summed E-state index contributed by atoms with van der Waals surface area (Å²) < 4.78 is 0. The van der Waals surface area contributed by atoms with Crippen LogP contribution in [0.25, 0.3) is 0 Å². The van der Waals surface area contributed by atoms with Crippen LogP contribution in [0.15, 0.2) is 12.1 Å². The second-order valence-corrected chi connectivity index (χ2v) is 3.76. The van der Waals surface area contributed by atoms with E-state index in [0.717, 1.165) is 25.9 Å². The summed E-state index contributed by atoms with van der Waals surface area (Å²) in [4.78, 5) is 16.2. The Labute approximate surface area is 101 Å². The van der Waals surface area contributed by atoms with E-state index in [0.29, 0.717) is 5.82 Å². The third-order valence-electron chi connectivity index (χ3n) is 2.57. The van der Waals surface area contributed by atoms with Crippen LogP contribution in [0.2, 0.25) is 0 Å². The highest BCUT2D eigenvalue weighted by molar-refractivity contribution is 5.57. The van der Waals surface area contributed by atoms with Crippen molar-refractivity contribution >= 4 is 17.3 Å². The first kappa shape index (κ1) is 13.2. The fourth-order valence-corrected chi connectivity index (χ4v) is 1.57. The Morgan fingerprint density at radius 3 is 2.65 bits per heavy atom. The molecule has 1 rings (SSSR count). The number of unbranched alkanes of at least 4 members (excludes halogenated alkanes) is 1. The van der Waals surface area contributed by atoms with Crippen molar-refractivity contribution in [2.75, 3.05) is 23.7 Å². The van der Waals surface area contributed by atoms with Crippen LogP contribution in [-0.4, -0.2) is 23.0 Å². The van der Waals surface area contributed by atoms with E-state index in [-0.39, 0.29) is 11.5 Å². The zero-order valence-corrected chi connectivity index (χ0v) is 10.2. The van der Waals surface area contributed by atoms with Gasteiger partial charge in [-0.1, -0.05) is 13.3 Å². The molecule has 0 radical (unpaired) electrons. The van der Waals surface area contributed by atoms with Crippen LogP contribution in [0.1, 0.15) is 26.7 Å². The maximum atomic E-state index is 10.6. The molecule has 0 fully saturated rings. The van der Waals surface area contributed by atoms with Gasteiger partial charge in [-0.05, 0) is 19.4 Å². The van der Waals surface area contributed by atoms with Crippen LogP contribution in [0, 0.1) is 10.1 Å². The van der Waals surface area contributed by atoms with Crippen LogP contribution in [0.4, 0.5) is 17.3 Å². The largest absolute Gasteiger partial charge is 0.378 e. The number of anilines is 2. The fraction of sp³-hybridized carbons (Fsp3) is 0.545. The molecule has 0 spiro atoms. The zero-order chi connectivity index (χ0) is 12.8. The highest BCUT2D eigenvalue weighted by atomic mass is 16.6. The summed E-state index contributed by atoms with van der Waals surface area (Å²) in [6.45, 7) is 5.84. The van der Waals surface area contributed by atoms with Gasteiger partial charge in [0.25, 0.3) is 0 Å². The normalized spacial score (nSPS) is 10.2. The smallest absolute Gasteiger partial charge is 0.311 e. The first-order valence-electron chi connectivity index (χ1n) is 5.76. The lowest BCUT2D eigenvalue weighted by atomic mass is 10.3. The van der Waals surface area contributed by atoms with Gasteiger partial charge in [-0.15, -0.1) is 0 Å². The molecule has 1 heterocycles. The molecule has 94 valence electrons. The summed E-state index contributed by atoms with van der Waals surface area (Å²) in [5.74, 6) is 0.673. The van der Waals surface area contributed by atoms with Crippen LogP contribution in [0.5, 0.6) is 0 Å². The molecule has 0 unspecified atom stereocenters. The Balaban J connectivity index is 2.90. The molecular weight excluding hydrogens is 220 g/mol. The second kappa shape index (κ2) is 6.03. The average molecular weight is 238 g/mol. The van der Waals surface area contributed by atoms with Gasteiger partial charge in [0.05, 0.1) is 4.92 Å². The molecule has 0 saturated heterocycles. The minimum Gasteiger partial charge on any atom is -0.378 e. The molecule has 0 saturated carbocycles. The molecule has 6 nitrogen and oxygen atoms in total. The highest BCUT2D eigenvalue weighted by Gasteiger charge is 2.14. The predicted molar refractivity (Wildman–Crippen MR) is 68.1 cm³/mol. The van der Waals surface area contributed by atoms with Crippen molar-refractivity contribution in [1.82, 2.24) is 4.98 Å².